The Kier molecular flexibility index (Phi) is 12.4. The third-order valence-electron chi connectivity index (χ3n) is 7.85. The SMILES string of the molecule is CCCCCc1ccc(N(c2ccc(CCCCC)cc2)c2ccnc(C(C=C(N)C(F)(F)F)=NC3CCCCO3)c2)cc1. The Hall–Kier alpha value is -3.65. The summed E-state index contributed by atoms with van der Waals surface area (Å²) < 4.78 is 46.2. The van der Waals surface area contributed by atoms with Crippen LogP contribution in [0.25, 0.3) is 0 Å². The summed E-state index contributed by atoms with van der Waals surface area (Å²) in [5, 5.41) is 0. The highest BCUT2D eigenvalue weighted by Gasteiger charge is 2.32. The monoisotopic (exact) mass is 606 g/mol. The number of ether oxygens (including phenoxy) is 1. The maximum atomic E-state index is 13.5. The first-order valence-electron chi connectivity index (χ1n) is 16.0. The van der Waals surface area contributed by atoms with E-state index in [0.29, 0.717) is 18.7 Å². The molecule has 2 heterocycles. The molecular weight excluding hydrogens is 561 g/mol. The van der Waals surface area contributed by atoms with Crippen molar-refractivity contribution in [3.05, 3.63) is 95.5 Å². The van der Waals surface area contributed by atoms with Crippen LogP contribution in [0.3, 0.4) is 0 Å². The minimum atomic E-state index is -4.68. The van der Waals surface area contributed by atoms with Crippen molar-refractivity contribution in [2.75, 3.05) is 11.5 Å². The number of benzene rings is 2. The van der Waals surface area contributed by atoms with E-state index in [2.05, 4.69) is 77.3 Å². The zero-order valence-corrected chi connectivity index (χ0v) is 26.0. The molecule has 4 rings (SSSR count). The molecule has 2 N–H and O–H groups in total. The number of hydrogen-bond acceptors (Lipinski definition) is 5. The number of anilines is 3. The highest BCUT2D eigenvalue weighted by Crippen LogP contribution is 2.35. The fourth-order valence-electron chi connectivity index (χ4n) is 5.31. The number of pyridine rings is 1. The third-order valence-corrected chi connectivity index (χ3v) is 7.85. The van der Waals surface area contributed by atoms with Crippen molar-refractivity contribution in [1.29, 1.82) is 0 Å². The van der Waals surface area contributed by atoms with E-state index < -0.39 is 18.1 Å². The average molecular weight is 607 g/mol. The van der Waals surface area contributed by atoms with Gasteiger partial charge in [0.05, 0.1) is 11.4 Å². The highest BCUT2D eigenvalue weighted by molar-refractivity contribution is 6.08. The number of halogens is 3. The third kappa shape index (κ3) is 9.68. The van der Waals surface area contributed by atoms with Crippen LogP contribution >= 0.6 is 0 Å². The Morgan fingerprint density at radius 1 is 0.886 bits per heavy atom. The van der Waals surface area contributed by atoms with Gasteiger partial charge >= 0.3 is 6.18 Å². The van der Waals surface area contributed by atoms with Gasteiger partial charge in [0.25, 0.3) is 0 Å². The number of aryl methyl sites for hydroxylation is 2. The summed E-state index contributed by atoms with van der Waals surface area (Å²) in [5.74, 6) is 0. The predicted molar refractivity (Wildman–Crippen MR) is 174 cm³/mol. The molecule has 0 radical (unpaired) electrons. The Morgan fingerprint density at radius 3 is 1.98 bits per heavy atom. The molecule has 0 saturated carbocycles. The number of rotatable bonds is 14. The molecule has 0 amide bonds. The van der Waals surface area contributed by atoms with Crippen LogP contribution in [-0.4, -0.2) is 29.7 Å². The summed E-state index contributed by atoms with van der Waals surface area (Å²) in [7, 11) is 0. The van der Waals surface area contributed by atoms with Crippen molar-refractivity contribution >= 4 is 22.8 Å². The second-order valence-electron chi connectivity index (χ2n) is 11.4. The fraction of sp³-hybridized carbons (Fsp3) is 0.444. The minimum Gasteiger partial charge on any atom is -0.395 e. The lowest BCUT2D eigenvalue weighted by atomic mass is 10.0. The number of allylic oxidation sites excluding steroid dienone is 2. The zero-order chi connectivity index (χ0) is 31.4. The van der Waals surface area contributed by atoms with Crippen LogP contribution in [0.15, 0.2) is 83.6 Å². The molecule has 3 aromatic rings. The number of unbranched alkanes of at least 4 members (excludes halogenated alkanes) is 4. The molecular formula is C36H45F3N4O. The number of alkyl halides is 3. The molecule has 1 fully saturated rings. The summed E-state index contributed by atoms with van der Waals surface area (Å²) >= 11 is 0. The van der Waals surface area contributed by atoms with E-state index in [-0.39, 0.29) is 5.71 Å². The lowest BCUT2D eigenvalue weighted by Gasteiger charge is -2.26. The molecule has 1 aromatic heterocycles. The van der Waals surface area contributed by atoms with Crippen molar-refractivity contribution in [3.8, 4) is 0 Å². The summed E-state index contributed by atoms with van der Waals surface area (Å²) in [6, 6.07) is 20.6. The van der Waals surface area contributed by atoms with Gasteiger partial charge in [0, 0.05) is 29.9 Å². The summed E-state index contributed by atoms with van der Waals surface area (Å²) in [4.78, 5) is 11.1. The normalized spacial score (nSPS) is 16.2. The smallest absolute Gasteiger partial charge is 0.395 e. The van der Waals surface area contributed by atoms with E-state index in [1.807, 2.05) is 6.07 Å². The van der Waals surface area contributed by atoms with Gasteiger partial charge in [-0.3, -0.25) is 9.98 Å². The number of hydrogen-bond donors (Lipinski definition) is 1. The lowest BCUT2D eigenvalue weighted by Crippen LogP contribution is -2.23. The van der Waals surface area contributed by atoms with Crippen LogP contribution in [-0.2, 0) is 17.6 Å². The van der Waals surface area contributed by atoms with E-state index in [0.717, 1.165) is 61.7 Å². The van der Waals surface area contributed by atoms with Crippen LogP contribution in [0.4, 0.5) is 30.2 Å². The molecule has 1 unspecified atom stereocenters. The van der Waals surface area contributed by atoms with E-state index in [9.17, 15) is 13.2 Å². The predicted octanol–water partition coefficient (Wildman–Crippen LogP) is 9.74. The number of nitrogens with two attached hydrogens (primary N) is 1. The standard InChI is InChI=1S/C36H45F3N4O/c1-3-5-7-11-27-14-18-29(19-15-27)43(30-20-16-28(17-21-30)12-8-6-4-2)31-22-23-41-32(25-31)33(26-34(40)36(37,38)39)42-35-13-9-10-24-44-35/h14-23,25-26,35H,3-13,24,40H2,1-2H3. The molecule has 2 aromatic carbocycles. The highest BCUT2D eigenvalue weighted by atomic mass is 19.4. The Bertz CT molecular complexity index is 1310. The second kappa shape index (κ2) is 16.4. The van der Waals surface area contributed by atoms with Crippen LogP contribution in [0.1, 0.15) is 88.5 Å². The molecule has 1 aliphatic rings. The van der Waals surface area contributed by atoms with E-state index in [4.69, 9.17) is 10.5 Å². The largest absolute Gasteiger partial charge is 0.430 e. The number of nitrogens with zero attached hydrogens (tertiary/aromatic N) is 3. The Labute approximate surface area is 260 Å². The number of aromatic nitrogens is 1. The molecule has 0 aliphatic carbocycles. The first kappa shape index (κ1) is 33.2. The van der Waals surface area contributed by atoms with Crippen LogP contribution in [0.5, 0.6) is 0 Å². The fourth-order valence-corrected chi connectivity index (χ4v) is 5.31. The molecule has 5 nitrogen and oxygen atoms in total. The summed E-state index contributed by atoms with van der Waals surface area (Å²) in [6.45, 7) is 4.92. The minimum absolute atomic E-state index is 0.0473. The van der Waals surface area contributed by atoms with Crippen LogP contribution in [0.2, 0.25) is 0 Å². The quantitative estimate of drug-likeness (QED) is 0.147. The van der Waals surface area contributed by atoms with Gasteiger partial charge in [0.15, 0.2) is 0 Å². The van der Waals surface area contributed by atoms with Gasteiger partial charge in [-0.15, -0.1) is 0 Å². The maximum Gasteiger partial charge on any atom is 0.430 e. The van der Waals surface area contributed by atoms with Gasteiger partial charge in [0.2, 0.25) is 0 Å². The van der Waals surface area contributed by atoms with Crippen molar-refractivity contribution < 1.29 is 17.9 Å². The molecule has 1 aliphatic heterocycles. The van der Waals surface area contributed by atoms with Crippen molar-refractivity contribution in [3.63, 3.8) is 0 Å². The summed E-state index contributed by atoms with van der Waals surface area (Å²) in [6.07, 6.45) is 8.74. The molecule has 1 saturated heterocycles. The van der Waals surface area contributed by atoms with Gasteiger partial charge in [-0.05, 0) is 98.5 Å². The topological polar surface area (TPSA) is 63.7 Å². The van der Waals surface area contributed by atoms with Crippen LogP contribution < -0.4 is 10.6 Å². The Morgan fingerprint density at radius 2 is 1.48 bits per heavy atom. The zero-order valence-electron chi connectivity index (χ0n) is 26.0. The van der Waals surface area contributed by atoms with Crippen molar-refractivity contribution in [1.82, 2.24) is 4.98 Å². The van der Waals surface area contributed by atoms with Gasteiger partial charge < -0.3 is 15.4 Å². The molecule has 236 valence electrons. The molecule has 44 heavy (non-hydrogen) atoms. The summed E-state index contributed by atoms with van der Waals surface area (Å²) in [5.41, 5.74) is 9.77. The molecule has 0 bridgehead atoms. The van der Waals surface area contributed by atoms with Gasteiger partial charge in [-0.25, -0.2) is 0 Å². The van der Waals surface area contributed by atoms with E-state index in [1.165, 1.54) is 36.8 Å². The second-order valence-corrected chi connectivity index (χ2v) is 11.4. The first-order valence-corrected chi connectivity index (χ1v) is 16.0. The Balaban J connectivity index is 1.74. The maximum absolute atomic E-state index is 13.5. The molecule has 8 heteroatoms. The van der Waals surface area contributed by atoms with E-state index in [1.54, 1.807) is 12.3 Å². The van der Waals surface area contributed by atoms with Crippen LogP contribution in [0, 0.1) is 0 Å². The van der Waals surface area contributed by atoms with Gasteiger partial charge in [0.1, 0.15) is 11.9 Å². The van der Waals surface area contributed by atoms with Gasteiger partial charge in [-0.1, -0.05) is 63.8 Å². The van der Waals surface area contributed by atoms with Crippen molar-refractivity contribution in [2.24, 2.45) is 10.7 Å². The lowest BCUT2D eigenvalue weighted by molar-refractivity contribution is -0.0925. The molecule has 1 atom stereocenters. The van der Waals surface area contributed by atoms with E-state index >= 15 is 0 Å². The molecule has 0 spiro atoms. The average Bonchev–Trinajstić information content (AvgIpc) is 3.03. The van der Waals surface area contributed by atoms with Crippen molar-refractivity contribution in [2.45, 2.75) is 96.9 Å². The number of aliphatic imine (C=N–C) groups is 1. The van der Waals surface area contributed by atoms with Gasteiger partial charge in [-0.2, -0.15) is 13.2 Å². The first-order chi connectivity index (χ1) is 21.3.